The van der Waals surface area contributed by atoms with Gasteiger partial charge in [-0.1, -0.05) is 6.92 Å². The standard InChI is InChI=1S/C10H17N3O3/c1-3-8-12-13-9(16-8)7-11-6-5-10(14)15-4-2/h11H,3-7H2,1-2H3. The SMILES string of the molecule is CCOC(=O)CCNCc1nnc(CC)o1. The number of nitrogens with zero attached hydrogens (tertiary/aromatic N) is 2. The van der Waals surface area contributed by atoms with Crippen molar-refractivity contribution in [2.75, 3.05) is 13.2 Å². The van der Waals surface area contributed by atoms with Crippen molar-refractivity contribution in [2.45, 2.75) is 33.2 Å². The third kappa shape index (κ3) is 4.39. The molecule has 6 nitrogen and oxygen atoms in total. The van der Waals surface area contributed by atoms with E-state index >= 15 is 0 Å². The third-order valence-corrected chi connectivity index (χ3v) is 1.90. The quantitative estimate of drug-likeness (QED) is 0.545. The third-order valence-electron chi connectivity index (χ3n) is 1.90. The first kappa shape index (κ1) is 12.6. The van der Waals surface area contributed by atoms with Gasteiger partial charge in [0.2, 0.25) is 11.8 Å². The summed E-state index contributed by atoms with van der Waals surface area (Å²) < 4.78 is 10.1. The molecular formula is C10H17N3O3. The molecule has 0 aromatic carbocycles. The molecule has 0 aliphatic rings. The molecule has 6 heteroatoms. The highest BCUT2D eigenvalue weighted by molar-refractivity contribution is 5.69. The molecule has 0 bridgehead atoms. The molecule has 1 aromatic rings. The molecule has 1 rings (SSSR count). The fraction of sp³-hybridized carbons (Fsp3) is 0.700. The monoisotopic (exact) mass is 227 g/mol. The highest BCUT2D eigenvalue weighted by Gasteiger charge is 2.04. The molecular weight excluding hydrogens is 210 g/mol. The summed E-state index contributed by atoms with van der Waals surface area (Å²) in [5.74, 6) is 0.970. The highest BCUT2D eigenvalue weighted by atomic mass is 16.5. The number of carbonyl (C=O) groups is 1. The van der Waals surface area contributed by atoms with Crippen molar-refractivity contribution in [3.63, 3.8) is 0 Å². The molecule has 0 aliphatic heterocycles. The first-order valence-corrected chi connectivity index (χ1v) is 5.43. The van der Waals surface area contributed by atoms with Crippen LogP contribution in [0.1, 0.15) is 32.0 Å². The van der Waals surface area contributed by atoms with Crippen molar-refractivity contribution in [2.24, 2.45) is 0 Å². The smallest absolute Gasteiger partial charge is 0.307 e. The largest absolute Gasteiger partial charge is 0.466 e. The molecule has 90 valence electrons. The van der Waals surface area contributed by atoms with Crippen LogP contribution in [-0.2, 0) is 22.5 Å². The predicted molar refractivity (Wildman–Crippen MR) is 56.6 cm³/mol. The molecule has 0 saturated heterocycles. The van der Waals surface area contributed by atoms with Crippen molar-refractivity contribution < 1.29 is 13.9 Å². The Morgan fingerprint density at radius 2 is 2.12 bits per heavy atom. The van der Waals surface area contributed by atoms with E-state index in [9.17, 15) is 4.79 Å². The lowest BCUT2D eigenvalue weighted by atomic mass is 10.4. The zero-order valence-electron chi connectivity index (χ0n) is 9.65. The van der Waals surface area contributed by atoms with Gasteiger partial charge in [-0.05, 0) is 6.92 Å². The van der Waals surface area contributed by atoms with Gasteiger partial charge in [0, 0.05) is 13.0 Å². The van der Waals surface area contributed by atoms with Crippen LogP contribution in [0.2, 0.25) is 0 Å². The molecule has 1 heterocycles. The number of aromatic nitrogens is 2. The molecule has 1 N–H and O–H groups in total. The Morgan fingerprint density at radius 3 is 2.75 bits per heavy atom. The van der Waals surface area contributed by atoms with Gasteiger partial charge in [0.25, 0.3) is 0 Å². The van der Waals surface area contributed by atoms with E-state index in [2.05, 4.69) is 15.5 Å². The Kier molecular flexibility index (Phi) is 5.49. The summed E-state index contributed by atoms with van der Waals surface area (Å²) in [6.45, 7) is 5.18. The van der Waals surface area contributed by atoms with Gasteiger partial charge in [-0.25, -0.2) is 0 Å². The summed E-state index contributed by atoms with van der Waals surface area (Å²) in [6, 6.07) is 0. The maximum Gasteiger partial charge on any atom is 0.307 e. The van der Waals surface area contributed by atoms with Crippen LogP contribution in [0, 0.1) is 0 Å². The van der Waals surface area contributed by atoms with Crippen molar-refractivity contribution in [3.8, 4) is 0 Å². The van der Waals surface area contributed by atoms with E-state index in [1.807, 2.05) is 6.92 Å². The van der Waals surface area contributed by atoms with E-state index in [-0.39, 0.29) is 5.97 Å². The number of hydrogen-bond acceptors (Lipinski definition) is 6. The molecule has 0 fully saturated rings. The number of rotatable bonds is 7. The summed E-state index contributed by atoms with van der Waals surface area (Å²) in [4.78, 5) is 11.0. The van der Waals surface area contributed by atoms with Gasteiger partial charge in [-0.15, -0.1) is 10.2 Å². The molecule has 1 aromatic heterocycles. The number of esters is 1. The molecule has 0 saturated carbocycles. The summed E-state index contributed by atoms with van der Waals surface area (Å²) in [5.41, 5.74) is 0. The summed E-state index contributed by atoms with van der Waals surface area (Å²) in [5, 5.41) is 10.7. The molecule has 0 radical (unpaired) electrons. The average molecular weight is 227 g/mol. The van der Waals surface area contributed by atoms with Crippen molar-refractivity contribution in [1.82, 2.24) is 15.5 Å². The van der Waals surface area contributed by atoms with Gasteiger partial charge in [0.15, 0.2) is 0 Å². The summed E-state index contributed by atoms with van der Waals surface area (Å²) in [7, 11) is 0. The molecule has 0 spiro atoms. The first-order valence-electron chi connectivity index (χ1n) is 5.43. The van der Waals surface area contributed by atoms with E-state index in [1.165, 1.54) is 0 Å². The minimum Gasteiger partial charge on any atom is -0.466 e. The van der Waals surface area contributed by atoms with Crippen LogP contribution in [0.15, 0.2) is 4.42 Å². The zero-order chi connectivity index (χ0) is 11.8. The van der Waals surface area contributed by atoms with Crippen LogP contribution in [0.4, 0.5) is 0 Å². The van der Waals surface area contributed by atoms with E-state index in [1.54, 1.807) is 6.92 Å². The zero-order valence-corrected chi connectivity index (χ0v) is 9.65. The fourth-order valence-electron chi connectivity index (χ4n) is 1.12. The van der Waals surface area contributed by atoms with Crippen LogP contribution < -0.4 is 5.32 Å². The van der Waals surface area contributed by atoms with Crippen molar-refractivity contribution >= 4 is 5.97 Å². The van der Waals surface area contributed by atoms with Crippen LogP contribution in [0.5, 0.6) is 0 Å². The highest BCUT2D eigenvalue weighted by Crippen LogP contribution is 1.99. The number of aryl methyl sites for hydroxylation is 1. The summed E-state index contributed by atoms with van der Waals surface area (Å²) >= 11 is 0. The Labute approximate surface area is 94.4 Å². The van der Waals surface area contributed by atoms with Gasteiger partial charge in [0.05, 0.1) is 19.6 Å². The number of nitrogens with one attached hydrogen (secondary N) is 1. The van der Waals surface area contributed by atoms with Gasteiger partial charge < -0.3 is 14.5 Å². The lowest BCUT2D eigenvalue weighted by molar-refractivity contribution is -0.142. The minimum absolute atomic E-state index is 0.199. The van der Waals surface area contributed by atoms with Gasteiger partial charge in [0.1, 0.15) is 0 Å². The molecule has 0 unspecified atom stereocenters. The van der Waals surface area contributed by atoms with Gasteiger partial charge in [-0.2, -0.15) is 0 Å². The van der Waals surface area contributed by atoms with Crippen molar-refractivity contribution in [3.05, 3.63) is 11.8 Å². The minimum atomic E-state index is -0.199. The molecule has 0 amide bonds. The van der Waals surface area contributed by atoms with Crippen LogP contribution >= 0.6 is 0 Å². The Hall–Kier alpha value is -1.43. The number of hydrogen-bond donors (Lipinski definition) is 1. The second kappa shape index (κ2) is 6.95. The average Bonchev–Trinajstić information content (AvgIpc) is 2.73. The lowest BCUT2D eigenvalue weighted by Gasteiger charge is -2.01. The normalized spacial score (nSPS) is 10.4. The lowest BCUT2D eigenvalue weighted by Crippen LogP contribution is -2.19. The fourth-order valence-corrected chi connectivity index (χ4v) is 1.12. The van der Waals surface area contributed by atoms with Crippen LogP contribution in [-0.4, -0.2) is 29.3 Å². The Bertz CT molecular complexity index is 325. The van der Waals surface area contributed by atoms with Crippen LogP contribution in [0.25, 0.3) is 0 Å². The second-order valence-corrected chi connectivity index (χ2v) is 3.17. The summed E-state index contributed by atoms with van der Waals surface area (Å²) in [6.07, 6.45) is 1.08. The number of ether oxygens (including phenoxy) is 1. The van der Waals surface area contributed by atoms with E-state index in [0.29, 0.717) is 37.9 Å². The molecule has 0 atom stereocenters. The molecule has 0 aliphatic carbocycles. The number of carbonyl (C=O) groups excluding carboxylic acids is 1. The molecule has 16 heavy (non-hydrogen) atoms. The Morgan fingerprint density at radius 1 is 1.38 bits per heavy atom. The van der Waals surface area contributed by atoms with Crippen LogP contribution in [0.3, 0.4) is 0 Å². The second-order valence-electron chi connectivity index (χ2n) is 3.17. The topological polar surface area (TPSA) is 77.2 Å². The van der Waals surface area contributed by atoms with Gasteiger partial charge in [-0.3, -0.25) is 4.79 Å². The van der Waals surface area contributed by atoms with E-state index in [0.717, 1.165) is 6.42 Å². The van der Waals surface area contributed by atoms with Crippen molar-refractivity contribution in [1.29, 1.82) is 0 Å². The van der Waals surface area contributed by atoms with E-state index < -0.39 is 0 Å². The predicted octanol–water partition coefficient (Wildman–Crippen LogP) is 0.675. The van der Waals surface area contributed by atoms with E-state index in [4.69, 9.17) is 9.15 Å². The maximum atomic E-state index is 11.0. The Balaban J connectivity index is 2.13. The first-order chi connectivity index (χ1) is 7.76. The maximum absolute atomic E-state index is 11.0. The van der Waals surface area contributed by atoms with Gasteiger partial charge >= 0.3 is 5.97 Å².